The fourth-order valence-corrected chi connectivity index (χ4v) is 8.26. The first kappa shape index (κ1) is 32.1. The molecule has 0 fully saturated rings. The molecule has 1 amide bonds. The summed E-state index contributed by atoms with van der Waals surface area (Å²) in [6, 6.07) is 25.9. The van der Waals surface area contributed by atoms with Gasteiger partial charge in [-0.3, -0.25) is 14.2 Å². The number of methoxy groups -OCH3 is 1. The van der Waals surface area contributed by atoms with Crippen LogP contribution < -0.4 is 29.7 Å². The Balaban J connectivity index is 1.47. The van der Waals surface area contributed by atoms with Crippen LogP contribution in [0.2, 0.25) is 0 Å². The van der Waals surface area contributed by atoms with Gasteiger partial charge < -0.3 is 14.8 Å². The number of halogens is 3. The Hall–Kier alpha value is -3.82. The van der Waals surface area contributed by atoms with Crippen LogP contribution in [0.25, 0.3) is 6.08 Å². The SMILES string of the molecule is COc1cccc([C@@H]2C(C(=O)Nc3ccccc3)=C(C)N=c3s/c(=C\c4cc(I)cc(I)c4OCc4ccc(F)cc4)c(=O)n32)c1. The molecule has 1 N–H and O–H groups in total. The number of anilines is 1. The third-order valence-corrected chi connectivity index (χ3v) is 9.73. The molecule has 0 aliphatic carbocycles. The van der Waals surface area contributed by atoms with Crippen molar-refractivity contribution in [3.63, 3.8) is 0 Å². The number of carbonyl (C=O) groups is 1. The van der Waals surface area contributed by atoms with Crippen molar-refractivity contribution in [1.82, 2.24) is 4.57 Å². The Morgan fingerprint density at radius 3 is 2.54 bits per heavy atom. The minimum absolute atomic E-state index is 0.230. The molecule has 46 heavy (non-hydrogen) atoms. The number of para-hydroxylation sites is 1. The molecule has 4 aromatic carbocycles. The van der Waals surface area contributed by atoms with Gasteiger partial charge in [0.25, 0.3) is 11.5 Å². The second-order valence-corrected chi connectivity index (χ2v) is 13.8. The van der Waals surface area contributed by atoms with Crippen molar-refractivity contribution in [3.8, 4) is 11.5 Å². The maximum atomic E-state index is 14.3. The van der Waals surface area contributed by atoms with Gasteiger partial charge >= 0.3 is 0 Å². The summed E-state index contributed by atoms with van der Waals surface area (Å²) in [6.07, 6.45) is 1.81. The predicted molar refractivity (Wildman–Crippen MR) is 194 cm³/mol. The number of benzene rings is 4. The molecular weight excluding hydrogens is 831 g/mol. The average Bonchev–Trinajstić information content (AvgIpc) is 3.34. The fraction of sp³-hybridized carbons (Fsp3) is 0.114. The highest BCUT2D eigenvalue weighted by Gasteiger charge is 2.33. The van der Waals surface area contributed by atoms with Crippen LogP contribution in [0.4, 0.5) is 10.1 Å². The number of amides is 1. The molecule has 1 aromatic heterocycles. The van der Waals surface area contributed by atoms with Gasteiger partial charge in [-0.2, -0.15) is 0 Å². The van der Waals surface area contributed by atoms with E-state index in [0.717, 1.165) is 18.3 Å². The van der Waals surface area contributed by atoms with Crippen LogP contribution in [0.1, 0.15) is 29.7 Å². The molecule has 1 aliphatic rings. The zero-order valence-electron chi connectivity index (χ0n) is 24.6. The lowest BCUT2D eigenvalue weighted by Gasteiger charge is -2.25. The molecule has 7 nitrogen and oxygen atoms in total. The predicted octanol–water partition coefficient (Wildman–Crippen LogP) is 6.81. The summed E-state index contributed by atoms with van der Waals surface area (Å²) < 4.78 is 29.0. The Morgan fingerprint density at radius 2 is 1.80 bits per heavy atom. The van der Waals surface area contributed by atoms with Gasteiger partial charge in [0.05, 0.1) is 32.5 Å². The summed E-state index contributed by atoms with van der Waals surface area (Å²) in [7, 11) is 1.58. The maximum absolute atomic E-state index is 14.3. The number of thiazole rings is 1. The molecule has 0 saturated heterocycles. The molecular formula is C35H26FI2N3O4S. The van der Waals surface area contributed by atoms with E-state index in [-0.39, 0.29) is 23.9 Å². The van der Waals surface area contributed by atoms with Crippen molar-refractivity contribution < 1.29 is 18.7 Å². The number of hydrogen-bond acceptors (Lipinski definition) is 6. The first-order valence-corrected chi connectivity index (χ1v) is 17.1. The van der Waals surface area contributed by atoms with Crippen LogP contribution in [-0.2, 0) is 11.4 Å². The number of nitrogens with zero attached hydrogens (tertiary/aromatic N) is 2. The van der Waals surface area contributed by atoms with E-state index in [9.17, 15) is 14.0 Å². The molecule has 232 valence electrons. The van der Waals surface area contributed by atoms with Crippen LogP contribution in [0, 0.1) is 13.0 Å². The molecule has 1 aliphatic heterocycles. The Labute approximate surface area is 295 Å². The number of ether oxygens (including phenoxy) is 2. The molecule has 6 rings (SSSR count). The Morgan fingerprint density at radius 1 is 1.04 bits per heavy atom. The lowest BCUT2D eigenvalue weighted by molar-refractivity contribution is -0.113. The molecule has 2 heterocycles. The highest BCUT2D eigenvalue weighted by Crippen LogP contribution is 2.33. The minimum Gasteiger partial charge on any atom is -0.497 e. The third-order valence-electron chi connectivity index (χ3n) is 7.33. The van der Waals surface area contributed by atoms with Crippen molar-refractivity contribution >= 4 is 74.2 Å². The van der Waals surface area contributed by atoms with Crippen LogP contribution in [-0.4, -0.2) is 17.6 Å². The smallest absolute Gasteiger partial charge is 0.271 e. The van der Waals surface area contributed by atoms with E-state index < -0.39 is 6.04 Å². The Bertz CT molecular complexity index is 2160. The highest BCUT2D eigenvalue weighted by atomic mass is 127. The quantitative estimate of drug-likeness (QED) is 0.174. The minimum atomic E-state index is -0.748. The molecule has 0 spiro atoms. The zero-order chi connectivity index (χ0) is 32.4. The van der Waals surface area contributed by atoms with E-state index in [2.05, 4.69) is 50.5 Å². The normalized spacial score (nSPS) is 14.5. The van der Waals surface area contributed by atoms with Crippen molar-refractivity contribution in [2.45, 2.75) is 19.6 Å². The van der Waals surface area contributed by atoms with Crippen LogP contribution >= 0.6 is 56.5 Å². The molecule has 0 unspecified atom stereocenters. The van der Waals surface area contributed by atoms with Crippen molar-refractivity contribution in [3.05, 3.63) is 152 Å². The summed E-state index contributed by atoms with van der Waals surface area (Å²) >= 11 is 5.70. The molecule has 0 saturated carbocycles. The first-order chi connectivity index (χ1) is 22.2. The van der Waals surface area contributed by atoms with E-state index in [1.54, 1.807) is 36.8 Å². The zero-order valence-corrected chi connectivity index (χ0v) is 29.7. The lowest BCUT2D eigenvalue weighted by Crippen LogP contribution is -2.40. The molecule has 0 radical (unpaired) electrons. The fourth-order valence-electron chi connectivity index (χ4n) is 5.18. The molecule has 11 heteroatoms. The number of aromatic nitrogens is 1. The number of nitrogens with one attached hydrogen (secondary N) is 1. The van der Waals surface area contributed by atoms with Gasteiger partial charge in [0, 0.05) is 14.8 Å². The second kappa shape index (κ2) is 13.9. The molecule has 1 atom stereocenters. The van der Waals surface area contributed by atoms with E-state index in [0.29, 0.717) is 43.4 Å². The number of carbonyl (C=O) groups excluding carboxylic acids is 1. The van der Waals surface area contributed by atoms with Gasteiger partial charge in [0.15, 0.2) is 4.80 Å². The standard InChI is InChI=1S/C35H26FI2N3O4S/c1-20-30(33(42)40-26-8-4-3-5-9-26)31(22-7-6-10-27(16-22)44-2)41-34(43)29(46-35(41)39-20)17-23-15-25(37)18-28(38)32(23)45-19-21-11-13-24(36)14-12-21/h3-18,31H,19H2,1-2H3,(H,40,42)/b29-17-/t31-/m1/s1. The van der Waals surface area contributed by atoms with E-state index >= 15 is 0 Å². The summed E-state index contributed by atoms with van der Waals surface area (Å²) in [4.78, 5) is 33.4. The topological polar surface area (TPSA) is 81.9 Å². The van der Waals surface area contributed by atoms with Gasteiger partial charge in [-0.15, -0.1) is 0 Å². The average molecular weight is 857 g/mol. The highest BCUT2D eigenvalue weighted by molar-refractivity contribution is 14.1. The summed E-state index contributed by atoms with van der Waals surface area (Å²) in [5.74, 6) is 0.554. The van der Waals surface area contributed by atoms with Gasteiger partial charge in [-0.1, -0.05) is 53.8 Å². The van der Waals surface area contributed by atoms with E-state index in [1.165, 1.54) is 23.5 Å². The number of allylic oxidation sites excluding steroid dienone is 1. The molecule has 5 aromatic rings. The number of hydrogen-bond donors (Lipinski definition) is 1. The van der Waals surface area contributed by atoms with Gasteiger partial charge in [0.1, 0.15) is 23.9 Å². The summed E-state index contributed by atoms with van der Waals surface area (Å²) in [6.45, 7) is 2.02. The largest absolute Gasteiger partial charge is 0.497 e. The monoisotopic (exact) mass is 857 g/mol. The van der Waals surface area contributed by atoms with Gasteiger partial charge in [-0.05, 0) is 118 Å². The maximum Gasteiger partial charge on any atom is 0.271 e. The number of rotatable bonds is 8. The number of fused-ring (bicyclic) bond motifs is 1. The van der Waals surface area contributed by atoms with Crippen LogP contribution in [0.5, 0.6) is 11.5 Å². The molecule has 0 bridgehead atoms. The van der Waals surface area contributed by atoms with Crippen LogP contribution in [0.15, 0.2) is 112 Å². The third kappa shape index (κ3) is 6.81. The second-order valence-electron chi connectivity index (χ2n) is 10.4. The van der Waals surface area contributed by atoms with Crippen molar-refractivity contribution in [1.29, 1.82) is 0 Å². The lowest BCUT2D eigenvalue weighted by atomic mass is 9.95. The Kier molecular flexibility index (Phi) is 9.70. The first-order valence-electron chi connectivity index (χ1n) is 14.1. The van der Waals surface area contributed by atoms with E-state index in [4.69, 9.17) is 14.5 Å². The summed E-state index contributed by atoms with van der Waals surface area (Å²) in [5, 5.41) is 2.97. The van der Waals surface area contributed by atoms with Crippen LogP contribution in [0.3, 0.4) is 0 Å². The van der Waals surface area contributed by atoms with E-state index in [1.807, 2.05) is 66.7 Å². The van der Waals surface area contributed by atoms with Gasteiger partial charge in [0.2, 0.25) is 0 Å². The van der Waals surface area contributed by atoms with Crippen molar-refractivity contribution in [2.24, 2.45) is 4.99 Å². The van der Waals surface area contributed by atoms with Gasteiger partial charge in [-0.25, -0.2) is 9.38 Å². The van der Waals surface area contributed by atoms with Crippen molar-refractivity contribution in [2.75, 3.05) is 12.4 Å². The summed E-state index contributed by atoms with van der Waals surface area (Å²) in [5.41, 5.74) is 3.48.